The third-order valence-electron chi connectivity index (χ3n) is 2.63. The molecule has 0 aliphatic heterocycles. The monoisotopic (exact) mass is 298 g/mol. The molecule has 3 N–H and O–H groups in total. The Bertz CT molecular complexity index is 422. The van der Waals surface area contributed by atoms with Crippen molar-refractivity contribution in [2.24, 2.45) is 0 Å². The first-order chi connectivity index (χ1) is 10.2. The lowest BCUT2D eigenvalue weighted by Crippen LogP contribution is -2.44. The number of rotatable bonds is 9. The fraction of sp³-hybridized carbons (Fsp3) is 0.500. The fourth-order valence-electron chi connectivity index (χ4n) is 1.69. The van der Waals surface area contributed by atoms with Crippen molar-refractivity contribution in [3.63, 3.8) is 0 Å². The van der Waals surface area contributed by atoms with Crippen LogP contribution < -0.4 is 14.8 Å². The molecule has 1 aromatic rings. The maximum absolute atomic E-state index is 11.8. The number of carbonyl (C=O) groups excluding carboxylic acids is 1. The van der Waals surface area contributed by atoms with Gasteiger partial charge in [-0.1, -0.05) is 12.1 Å². The van der Waals surface area contributed by atoms with Gasteiger partial charge in [-0.05, 0) is 19.1 Å². The zero-order valence-electron chi connectivity index (χ0n) is 12.1. The molecule has 21 heavy (non-hydrogen) atoms. The Balaban J connectivity index is 2.46. The van der Waals surface area contributed by atoms with E-state index in [0.29, 0.717) is 18.1 Å². The summed E-state index contributed by atoms with van der Waals surface area (Å²) in [6.07, 6.45) is 0. The van der Waals surface area contributed by atoms with E-state index in [0.717, 1.165) is 0 Å². The summed E-state index contributed by atoms with van der Waals surface area (Å²) in [5.41, 5.74) is 0. The standard InChI is InChI=1S/C14H22N2O5/c1-2-20-12-5-3-4-6-13(12)21-11-15-14(19)16(7-9-17)8-10-18/h3-6,17-18H,2,7-11H2,1H3,(H,15,19). The van der Waals surface area contributed by atoms with Crippen LogP contribution >= 0.6 is 0 Å². The Labute approximate surface area is 124 Å². The van der Waals surface area contributed by atoms with Crippen molar-refractivity contribution in [1.29, 1.82) is 0 Å². The second kappa shape index (κ2) is 9.84. The number of benzene rings is 1. The van der Waals surface area contributed by atoms with E-state index in [-0.39, 0.29) is 33.0 Å². The summed E-state index contributed by atoms with van der Waals surface area (Å²) in [4.78, 5) is 13.1. The van der Waals surface area contributed by atoms with Gasteiger partial charge in [-0.3, -0.25) is 0 Å². The second-order valence-corrected chi connectivity index (χ2v) is 4.08. The molecule has 7 heteroatoms. The highest BCUT2D eigenvalue weighted by Crippen LogP contribution is 2.25. The minimum atomic E-state index is -0.410. The number of carbonyl (C=O) groups is 1. The number of hydrogen-bond acceptors (Lipinski definition) is 5. The number of urea groups is 1. The van der Waals surface area contributed by atoms with Gasteiger partial charge in [0.2, 0.25) is 0 Å². The van der Waals surface area contributed by atoms with Crippen LogP contribution in [0.25, 0.3) is 0 Å². The van der Waals surface area contributed by atoms with Gasteiger partial charge in [0.05, 0.1) is 19.8 Å². The number of aliphatic hydroxyl groups excluding tert-OH is 2. The maximum Gasteiger partial charge on any atom is 0.320 e. The molecule has 0 fully saturated rings. The van der Waals surface area contributed by atoms with E-state index < -0.39 is 6.03 Å². The Hall–Kier alpha value is -1.99. The average Bonchev–Trinajstić information content (AvgIpc) is 2.49. The van der Waals surface area contributed by atoms with Gasteiger partial charge < -0.3 is 29.9 Å². The van der Waals surface area contributed by atoms with Crippen LogP contribution in [0.4, 0.5) is 4.79 Å². The van der Waals surface area contributed by atoms with E-state index in [1.54, 1.807) is 12.1 Å². The largest absolute Gasteiger partial charge is 0.490 e. The first-order valence-corrected chi connectivity index (χ1v) is 6.82. The van der Waals surface area contributed by atoms with E-state index in [9.17, 15) is 4.79 Å². The highest BCUT2D eigenvalue weighted by molar-refractivity contribution is 5.74. The normalized spacial score (nSPS) is 10.0. The molecule has 0 radical (unpaired) electrons. The molecule has 118 valence electrons. The number of nitrogens with zero attached hydrogens (tertiary/aromatic N) is 1. The van der Waals surface area contributed by atoms with Gasteiger partial charge >= 0.3 is 6.03 Å². The number of para-hydroxylation sites is 2. The summed E-state index contributed by atoms with van der Waals surface area (Å²) in [6, 6.07) is 6.76. The van der Waals surface area contributed by atoms with Gasteiger partial charge in [0, 0.05) is 13.1 Å². The highest BCUT2D eigenvalue weighted by atomic mass is 16.5. The molecular formula is C14H22N2O5. The summed E-state index contributed by atoms with van der Waals surface area (Å²) in [5, 5.41) is 20.3. The smallest absolute Gasteiger partial charge is 0.320 e. The van der Waals surface area contributed by atoms with Crippen molar-refractivity contribution in [2.45, 2.75) is 6.92 Å². The minimum absolute atomic E-state index is 0.0315. The molecule has 0 spiro atoms. The first kappa shape index (κ1) is 17.1. The van der Waals surface area contributed by atoms with Crippen LogP contribution in [-0.2, 0) is 0 Å². The Morgan fingerprint density at radius 3 is 2.24 bits per heavy atom. The summed E-state index contributed by atoms with van der Waals surface area (Å²) in [7, 11) is 0. The lowest BCUT2D eigenvalue weighted by molar-refractivity contribution is 0.150. The molecule has 0 bridgehead atoms. The Morgan fingerprint density at radius 2 is 1.71 bits per heavy atom. The molecule has 1 aromatic carbocycles. The lowest BCUT2D eigenvalue weighted by Gasteiger charge is -2.21. The molecule has 0 unspecified atom stereocenters. The van der Waals surface area contributed by atoms with Crippen molar-refractivity contribution < 1.29 is 24.5 Å². The SMILES string of the molecule is CCOc1ccccc1OCNC(=O)N(CCO)CCO. The van der Waals surface area contributed by atoms with E-state index >= 15 is 0 Å². The molecule has 0 aliphatic rings. The van der Waals surface area contributed by atoms with E-state index in [4.69, 9.17) is 19.7 Å². The number of amides is 2. The van der Waals surface area contributed by atoms with Crippen LogP contribution in [0, 0.1) is 0 Å². The predicted octanol–water partition coefficient (Wildman–Crippen LogP) is 0.418. The summed E-state index contributed by atoms with van der Waals surface area (Å²) < 4.78 is 10.9. The summed E-state index contributed by atoms with van der Waals surface area (Å²) in [5.74, 6) is 1.15. The molecule has 2 amide bonds. The first-order valence-electron chi connectivity index (χ1n) is 6.82. The number of ether oxygens (including phenoxy) is 2. The van der Waals surface area contributed by atoms with Gasteiger partial charge in [-0.2, -0.15) is 0 Å². The van der Waals surface area contributed by atoms with Crippen LogP contribution in [0.15, 0.2) is 24.3 Å². The second-order valence-electron chi connectivity index (χ2n) is 4.08. The molecule has 0 aromatic heterocycles. The van der Waals surface area contributed by atoms with E-state index in [2.05, 4.69) is 5.32 Å². The maximum atomic E-state index is 11.8. The molecule has 0 atom stereocenters. The van der Waals surface area contributed by atoms with Gasteiger partial charge in [0.15, 0.2) is 18.2 Å². The minimum Gasteiger partial charge on any atom is -0.490 e. The Kier molecular flexibility index (Phi) is 8.00. The van der Waals surface area contributed by atoms with Gasteiger partial charge in [0.1, 0.15) is 0 Å². The van der Waals surface area contributed by atoms with Crippen molar-refractivity contribution in [3.8, 4) is 11.5 Å². The number of hydrogen-bond donors (Lipinski definition) is 3. The van der Waals surface area contributed by atoms with Gasteiger partial charge in [0.25, 0.3) is 0 Å². The highest BCUT2D eigenvalue weighted by Gasteiger charge is 2.12. The van der Waals surface area contributed by atoms with Gasteiger partial charge in [-0.25, -0.2) is 4.79 Å². The van der Waals surface area contributed by atoms with Crippen LogP contribution in [0.2, 0.25) is 0 Å². The predicted molar refractivity (Wildman–Crippen MR) is 77.4 cm³/mol. The molecule has 0 heterocycles. The molecule has 7 nitrogen and oxygen atoms in total. The van der Waals surface area contributed by atoms with Crippen LogP contribution in [-0.4, -0.2) is 60.8 Å². The average molecular weight is 298 g/mol. The lowest BCUT2D eigenvalue weighted by atomic mass is 10.3. The van der Waals surface area contributed by atoms with Crippen molar-refractivity contribution in [1.82, 2.24) is 10.2 Å². The van der Waals surface area contributed by atoms with Crippen molar-refractivity contribution in [2.75, 3.05) is 39.6 Å². The van der Waals surface area contributed by atoms with Crippen LogP contribution in [0.3, 0.4) is 0 Å². The molecule has 1 rings (SSSR count). The van der Waals surface area contributed by atoms with Crippen molar-refractivity contribution >= 4 is 6.03 Å². The van der Waals surface area contributed by atoms with Gasteiger partial charge in [-0.15, -0.1) is 0 Å². The quantitative estimate of drug-likeness (QED) is 0.575. The molecule has 0 saturated heterocycles. The van der Waals surface area contributed by atoms with E-state index in [1.807, 2.05) is 19.1 Å². The van der Waals surface area contributed by atoms with Crippen LogP contribution in [0.5, 0.6) is 11.5 Å². The van der Waals surface area contributed by atoms with E-state index in [1.165, 1.54) is 4.90 Å². The zero-order chi connectivity index (χ0) is 15.5. The molecule has 0 saturated carbocycles. The third-order valence-corrected chi connectivity index (χ3v) is 2.63. The zero-order valence-corrected chi connectivity index (χ0v) is 12.1. The molecular weight excluding hydrogens is 276 g/mol. The third kappa shape index (κ3) is 5.88. The fourth-order valence-corrected chi connectivity index (χ4v) is 1.69. The Morgan fingerprint density at radius 1 is 1.14 bits per heavy atom. The summed E-state index contributed by atoms with van der Waals surface area (Å²) in [6.45, 7) is 2.34. The van der Waals surface area contributed by atoms with Crippen LogP contribution in [0.1, 0.15) is 6.92 Å². The van der Waals surface area contributed by atoms with Crippen molar-refractivity contribution in [3.05, 3.63) is 24.3 Å². The number of nitrogens with one attached hydrogen (secondary N) is 1. The number of aliphatic hydroxyl groups is 2. The summed E-state index contributed by atoms with van der Waals surface area (Å²) >= 11 is 0. The topological polar surface area (TPSA) is 91.3 Å². The molecule has 0 aliphatic carbocycles.